The molecule has 2 heteroatoms. The molecule has 0 fully saturated rings. The molecule has 68 valence electrons. The third kappa shape index (κ3) is 3.43. The number of rotatable bonds is 5. The van der Waals surface area contributed by atoms with Gasteiger partial charge in [-0.25, -0.2) is 0 Å². The van der Waals surface area contributed by atoms with E-state index < -0.39 is 5.97 Å². The first-order valence-electron chi connectivity index (χ1n) is 4.29. The molecule has 2 atom stereocenters. The van der Waals surface area contributed by atoms with Gasteiger partial charge in [0.1, 0.15) is 0 Å². The van der Waals surface area contributed by atoms with Crippen LogP contribution in [-0.4, -0.2) is 11.1 Å². The second-order valence-electron chi connectivity index (χ2n) is 3.12. The van der Waals surface area contributed by atoms with Crippen LogP contribution in [0, 0.1) is 24.2 Å². The average molecular weight is 168 g/mol. The molecule has 0 aliphatic carbocycles. The first-order valence-corrected chi connectivity index (χ1v) is 4.29. The summed E-state index contributed by atoms with van der Waals surface area (Å²) in [7, 11) is 0. The molecule has 0 rings (SSSR count). The lowest BCUT2D eigenvalue weighted by atomic mass is 9.88. The summed E-state index contributed by atoms with van der Waals surface area (Å²) in [5, 5.41) is 8.81. The van der Waals surface area contributed by atoms with Crippen molar-refractivity contribution in [1.82, 2.24) is 0 Å². The van der Waals surface area contributed by atoms with E-state index >= 15 is 0 Å². The maximum atomic E-state index is 10.7. The van der Waals surface area contributed by atoms with Crippen molar-refractivity contribution in [2.45, 2.75) is 33.1 Å². The standard InChI is InChI=1S/C10H16O2/c1-4-6-8(3)9(7-5-2)10(11)12/h2,8-9H,4,6-7H2,1,3H3,(H,11,12)/t8?,9-/m0/s1. The van der Waals surface area contributed by atoms with Gasteiger partial charge in [-0.3, -0.25) is 4.79 Å². The number of carbonyl (C=O) groups is 1. The molecule has 0 saturated heterocycles. The summed E-state index contributed by atoms with van der Waals surface area (Å²) in [4.78, 5) is 10.7. The number of hydrogen-bond acceptors (Lipinski definition) is 1. The molecule has 0 saturated carbocycles. The molecular formula is C10H16O2. The van der Waals surface area contributed by atoms with Crippen LogP contribution in [0.3, 0.4) is 0 Å². The van der Waals surface area contributed by atoms with Crippen molar-refractivity contribution in [1.29, 1.82) is 0 Å². The van der Waals surface area contributed by atoms with Gasteiger partial charge in [-0.1, -0.05) is 26.7 Å². The summed E-state index contributed by atoms with van der Waals surface area (Å²) < 4.78 is 0. The summed E-state index contributed by atoms with van der Waals surface area (Å²) in [6.07, 6.45) is 7.37. The highest BCUT2D eigenvalue weighted by Gasteiger charge is 2.22. The maximum absolute atomic E-state index is 10.7. The van der Waals surface area contributed by atoms with Gasteiger partial charge in [0.15, 0.2) is 0 Å². The Balaban J connectivity index is 4.11. The molecule has 0 aliphatic rings. The van der Waals surface area contributed by atoms with Gasteiger partial charge >= 0.3 is 5.97 Å². The van der Waals surface area contributed by atoms with E-state index in [1.807, 2.05) is 13.8 Å². The highest BCUT2D eigenvalue weighted by molar-refractivity contribution is 5.70. The molecule has 0 radical (unpaired) electrons. The van der Waals surface area contributed by atoms with E-state index in [1.54, 1.807) is 0 Å². The minimum atomic E-state index is -0.770. The van der Waals surface area contributed by atoms with Crippen LogP contribution in [0.25, 0.3) is 0 Å². The fourth-order valence-electron chi connectivity index (χ4n) is 1.32. The zero-order valence-electron chi connectivity index (χ0n) is 7.71. The lowest BCUT2D eigenvalue weighted by molar-refractivity contribution is -0.143. The van der Waals surface area contributed by atoms with E-state index in [-0.39, 0.29) is 11.8 Å². The molecule has 0 aromatic heterocycles. The molecular weight excluding hydrogens is 152 g/mol. The Labute approximate surface area is 74.0 Å². The second kappa shape index (κ2) is 5.65. The molecule has 12 heavy (non-hydrogen) atoms. The van der Waals surface area contributed by atoms with Crippen molar-refractivity contribution in [3.05, 3.63) is 0 Å². The van der Waals surface area contributed by atoms with Gasteiger partial charge in [-0.15, -0.1) is 12.3 Å². The first kappa shape index (κ1) is 11.0. The van der Waals surface area contributed by atoms with Crippen molar-refractivity contribution in [2.75, 3.05) is 0 Å². The highest BCUT2D eigenvalue weighted by Crippen LogP contribution is 2.20. The Morgan fingerprint density at radius 2 is 2.25 bits per heavy atom. The van der Waals surface area contributed by atoms with Crippen molar-refractivity contribution in [2.24, 2.45) is 11.8 Å². The molecule has 1 N–H and O–H groups in total. The van der Waals surface area contributed by atoms with E-state index in [2.05, 4.69) is 5.92 Å². The van der Waals surface area contributed by atoms with Crippen molar-refractivity contribution in [3.63, 3.8) is 0 Å². The van der Waals surface area contributed by atoms with E-state index in [0.717, 1.165) is 12.8 Å². The van der Waals surface area contributed by atoms with Crippen LogP contribution in [0.5, 0.6) is 0 Å². The molecule has 0 amide bonds. The highest BCUT2D eigenvalue weighted by atomic mass is 16.4. The molecule has 0 spiro atoms. The summed E-state index contributed by atoms with van der Waals surface area (Å²) in [5.41, 5.74) is 0. The fourth-order valence-corrected chi connectivity index (χ4v) is 1.32. The normalized spacial score (nSPS) is 14.8. The Morgan fingerprint density at radius 3 is 2.58 bits per heavy atom. The number of terminal acetylenes is 1. The molecule has 0 aliphatic heterocycles. The molecule has 1 unspecified atom stereocenters. The van der Waals surface area contributed by atoms with Gasteiger partial charge in [-0.2, -0.15) is 0 Å². The predicted octanol–water partition coefficient (Wildman–Crippen LogP) is 2.15. The predicted molar refractivity (Wildman–Crippen MR) is 48.6 cm³/mol. The topological polar surface area (TPSA) is 37.3 Å². The Bertz CT molecular complexity index is 179. The number of carboxylic acid groups (broad SMARTS) is 1. The van der Waals surface area contributed by atoms with Crippen LogP contribution >= 0.6 is 0 Å². The van der Waals surface area contributed by atoms with E-state index in [1.165, 1.54) is 0 Å². The van der Waals surface area contributed by atoms with Gasteiger partial charge in [0.25, 0.3) is 0 Å². The van der Waals surface area contributed by atoms with Gasteiger partial charge in [-0.05, 0) is 5.92 Å². The quantitative estimate of drug-likeness (QED) is 0.638. The molecule has 2 nitrogen and oxygen atoms in total. The average Bonchev–Trinajstić information content (AvgIpc) is 1.99. The monoisotopic (exact) mass is 168 g/mol. The molecule has 0 bridgehead atoms. The van der Waals surface area contributed by atoms with Crippen LogP contribution in [0.4, 0.5) is 0 Å². The summed E-state index contributed by atoms with van der Waals surface area (Å²) in [6, 6.07) is 0. The first-order chi connectivity index (χ1) is 5.63. The Hall–Kier alpha value is -0.970. The van der Waals surface area contributed by atoms with Crippen molar-refractivity contribution < 1.29 is 9.90 Å². The van der Waals surface area contributed by atoms with Crippen LogP contribution in [-0.2, 0) is 4.79 Å². The molecule has 0 aromatic rings. The zero-order chi connectivity index (χ0) is 9.56. The van der Waals surface area contributed by atoms with Crippen molar-refractivity contribution in [3.8, 4) is 12.3 Å². The Morgan fingerprint density at radius 1 is 1.67 bits per heavy atom. The van der Waals surface area contributed by atoms with E-state index in [9.17, 15) is 4.79 Å². The van der Waals surface area contributed by atoms with Crippen molar-refractivity contribution >= 4 is 5.97 Å². The summed E-state index contributed by atoms with van der Waals surface area (Å²) in [5.74, 6) is 1.46. The van der Waals surface area contributed by atoms with Crippen LogP contribution in [0.1, 0.15) is 33.1 Å². The maximum Gasteiger partial charge on any atom is 0.307 e. The summed E-state index contributed by atoms with van der Waals surface area (Å²) in [6.45, 7) is 3.99. The fraction of sp³-hybridized carbons (Fsp3) is 0.700. The largest absolute Gasteiger partial charge is 0.481 e. The van der Waals surface area contributed by atoms with E-state index in [0.29, 0.717) is 6.42 Å². The minimum absolute atomic E-state index is 0.184. The minimum Gasteiger partial charge on any atom is -0.481 e. The third-order valence-corrected chi connectivity index (χ3v) is 2.09. The van der Waals surface area contributed by atoms with Gasteiger partial charge in [0.2, 0.25) is 0 Å². The lowest BCUT2D eigenvalue weighted by Gasteiger charge is -2.16. The smallest absolute Gasteiger partial charge is 0.307 e. The lowest BCUT2D eigenvalue weighted by Crippen LogP contribution is -2.21. The van der Waals surface area contributed by atoms with Gasteiger partial charge in [0.05, 0.1) is 5.92 Å². The van der Waals surface area contributed by atoms with Crippen LogP contribution in [0.15, 0.2) is 0 Å². The number of hydrogen-bond donors (Lipinski definition) is 1. The Kier molecular flexibility index (Phi) is 5.19. The number of carboxylic acids is 1. The van der Waals surface area contributed by atoms with E-state index in [4.69, 9.17) is 11.5 Å². The van der Waals surface area contributed by atoms with Crippen LogP contribution in [0.2, 0.25) is 0 Å². The second-order valence-corrected chi connectivity index (χ2v) is 3.12. The molecule has 0 heterocycles. The van der Waals surface area contributed by atoms with Gasteiger partial charge < -0.3 is 5.11 Å². The SMILES string of the molecule is C#CC[C@H](C(=O)O)C(C)CCC. The zero-order valence-corrected chi connectivity index (χ0v) is 7.71. The molecule has 0 aromatic carbocycles. The summed E-state index contributed by atoms with van der Waals surface area (Å²) >= 11 is 0. The number of aliphatic carboxylic acids is 1. The third-order valence-electron chi connectivity index (χ3n) is 2.09. The van der Waals surface area contributed by atoms with Crippen LogP contribution < -0.4 is 0 Å². The van der Waals surface area contributed by atoms with Gasteiger partial charge in [0, 0.05) is 6.42 Å².